The van der Waals surface area contributed by atoms with Gasteiger partial charge in [-0.15, -0.1) is 0 Å². The molecule has 4 aromatic rings. The minimum absolute atomic E-state index is 0.00899. The van der Waals surface area contributed by atoms with Gasteiger partial charge in [-0.25, -0.2) is 20.0 Å². The van der Waals surface area contributed by atoms with E-state index < -0.39 is 12.1 Å². The first-order valence-electron chi connectivity index (χ1n) is 19.5. The first-order valence-corrected chi connectivity index (χ1v) is 19.5. The van der Waals surface area contributed by atoms with Gasteiger partial charge in [0, 0.05) is 27.2 Å². The molecule has 4 atom stereocenters. The number of aromatic amines is 2. The number of benzene rings is 2. The van der Waals surface area contributed by atoms with Crippen LogP contribution >= 0.6 is 0 Å². The van der Waals surface area contributed by atoms with E-state index in [2.05, 4.69) is 83.8 Å². The molecule has 300 valence electrons. The largest absolute Gasteiger partial charge is 0.344 e. The Bertz CT molecular complexity index is 2080. The number of hydrogen-bond donors (Lipinski definition) is 3. The van der Waals surface area contributed by atoms with Crippen LogP contribution in [-0.2, 0) is 19.4 Å². The molecule has 0 bridgehead atoms. The van der Waals surface area contributed by atoms with Crippen molar-refractivity contribution in [3.05, 3.63) is 84.1 Å². The van der Waals surface area contributed by atoms with Crippen LogP contribution in [0.1, 0.15) is 77.1 Å². The van der Waals surface area contributed by atoms with Gasteiger partial charge in [0.2, 0.25) is 18.2 Å². The Labute approximate surface area is 334 Å². The molecule has 2 aromatic carbocycles. The molecule has 2 saturated heterocycles. The third-order valence-electron chi connectivity index (χ3n) is 10.6. The summed E-state index contributed by atoms with van der Waals surface area (Å²) < 4.78 is 0. The first kappa shape index (κ1) is 40.6. The zero-order valence-corrected chi connectivity index (χ0v) is 33.8. The van der Waals surface area contributed by atoms with Crippen LogP contribution in [0.5, 0.6) is 0 Å². The van der Waals surface area contributed by atoms with Crippen molar-refractivity contribution < 1.29 is 19.4 Å². The van der Waals surface area contributed by atoms with Crippen LogP contribution < -0.4 is 5.43 Å². The molecule has 2 fully saturated rings. The van der Waals surface area contributed by atoms with Crippen molar-refractivity contribution in [2.45, 2.75) is 77.5 Å². The van der Waals surface area contributed by atoms with Crippen LogP contribution in [0.2, 0.25) is 0 Å². The summed E-state index contributed by atoms with van der Waals surface area (Å²) in [5.74, 6) is 1.70. The fourth-order valence-corrected chi connectivity index (χ4v) is 7.53. The van der Waals surface area contributed by atoms with Gasteiger partial charge < -0.3 is 29.6 Å². The summed E-state index contributed by atoms with van der Waals surface area (Å²) in [5, 5.41) is 0. The maximum atomic E-state index is 13.9. The average Bonchev–Trinajstić information content (AvgIpc) is 4.04. The summed E-state index contributed by atoms with van der Waals surface area (Å²) in [4.78, 5) is 70.9. The van der Waals surface area contributed by atoms with E-state index in [1.54, 1.807) is 19.0 Å². The summed E-state index contributed by atoms with van der Waals surface area (Å²) in [6, 6.07) is 15.1. The molecule has 0 spiro atoms. The third kappa shape index (κ3) is 9.18. The highest BCUT2D eigenvalue weighted by atomic mass is 17.2. The maximum absolute atomic E-state index is 13.9. The SMILES string of the molecule is [C-]#[N+]NC(=N[C@H](C(=O)N1CCC[C@H]1c1ncc(-c2ccc(-c3ccc(-c4cnc([C@@H]5CCCN5C(=O)[C@@H](N=COOC)C(C)C)[nH]4)cc3)cc2)[nH]1)C(C)C)N(C)C. The second-order valence-electron chi connectivity index (χ2n) is 15.4. The van der Waals surface area contributed by atoms with Gasteiger partial charge in [-0.1, -0.05) is 81.7 Å². The normalized spacial score (nSPS) is 18.4. The van der Waals surface area contributed by atoms with Crippen LogP contribution in [0.25, 0.3) is 38.6 Å². The zero-order chi connectivity index (χ0) is 40.6. The smallest absolute Gasteiger partial charge is 0.265 e. The fraction of sp³-hybridized carbons (Fsp3) is 0.452. The number of likely N-dealkylation sites (tertiary alicyclic amines) is 2. The number of imidazole rings is 2. The van der Waals surface area contributed by atoms with Gasteiger partial charge in [-0.3, -0.25) is 9.59 Å². The Hall–Kier alpha value is -6.01. The predicted octanol–water partition coefficient (Wildman–Crippen LogP) is 6.46. The molecule has 2 amide bonds. The molecule has 57 heavy (non-hydrogen) atoms. The Morgan fingerprint density at radius 3 is 1.70 bits per heavy atom. The topological polar surface area (TPSA) is 161 Å². The van der Waals surface area contributed by atoms with Crippen LogP contribution in [0, 0.1) is 18.4 Å². The lowest BCUT2D eigenvalue weighted by molar-refractivity contribution is -0.188. The van der Waals surface area contributed by atoms with Crippen LogP contribution in [0.15, 0.2) is 70.9 Å². The van der Waals surface area contributed by atoms with Crippen molar-refractivity contribution in [3.8, 4) is 33.6 Å². The molecule has 2 aliphatic rings. The Balaban J connectivity index is 1.11. The van der Waals surface area contributed by atoms with E-state index >= 15 is 0 Å². The number of nitrogens with zero attached hydrogens (tertiary/aromatic N) is 8. The van der Waals surface area contributed by atoms with E-state index in [0.29, 0.717) is 19.0 Å². The Morgan fingerprint density at radius 1 is 0.825 bits per heavy atom. The van der Waals surface area contributed by atoms with Gasteiger partial charge in [0.1, 0.15) is 23.7 Å². The third-order valence-corrected chi connectivity index (χ3v) is 10.6. The average molecular weight is 776 g/mol. The van der Waals surface area contributed by atoms with Crippen molar-refractivity contribution in [3.63, 3.8) is 0 Å². The van der Waals surface area contributed by atoms with Gasteiger partial charge in [-0.05, 0) is 59.8 Å². The van der Waals surface area contributed by atoms with Crippen molar-refractivity contribution in [2.24, 2.45) is 21.8 Å². The second-order valence-corrected chi connectivity index (χ2v) is 15.4. The zero-order valence-electron chi connectivity index (χ0n) is 33.8. The highest BCUT2D eigenvalue weighted by molar-refractivity contribution is 5.88. The van der Waals surface area contributed by atoms with Crippen molar-refractivity contribution in [1.82, 2.24) is 40.1 Å². The molecule has 2 aromatic heterocycles. The molecule has 2 aliphatic heterocycles. The van der Waals surface area contributed by atoms with E-state index in [1.807, 2.05) is 49.9 Å². The molecular weight excluding hydrogens is 723 g/mol. The van der Waals surface area contributed by atoms with Crippen molar-refractivity contribution in [1.29, 1.82) is 0 Å². The molecule has 15 nitrogen and oxygen atoms in total. The quantitative estimate of drug-likeness (QED) is 0.0459. The number of carbonyl (C=O) groups is 2. The molecule has 6 rings (SSSR count). The van der Waals surface area contributed by atoms with Gasteiger partial charge >= 0.3 is 0 Å². The van der Waals surface area contributed by atoms with E-state index in [-0.39, 0.29) is 35.7 Å². The first-order chi connectivity index (χ1) is 27.5. The number of nitrogens with one attached hydrogen (secondary N) is 3. The molecule has 0 aliphatic carbocycles. The number of rotatable bonds is 13. The molecular formula is C42H53N11O4. The highest BCUT2D eigenvalue weighted by Crippen LogP contribution is 2.35. The maximum Gasteiger partial charge on any atom is 0.265 e. The number of hydrogen-bond acceptors (Lipinski definition) is 8. The van der Waals surface area contributed by atoms with Crippen LogP contribution in [-0.4, -0.2) is 105 Å². The number of H-pyrrole nitrogens is 2. The summed E-state index contributed by atoms with van der Waals surface area (Å²) in [5.41, 5.74) is 8.50. The monoisotopic (exact) mass is 775 g/mol. The summed E-state index contributed by atoms with van der Waals surface area (Å²) in [6.45, 7) is 16.4. The second kappa shape index (κ2) is 18.3. The standard InChI is InChI=1S/C42H53N11O4/c1-26(2)36(46-25-57-56-8)40(54)52-21-9-11-34(52)38-44-23-32(47-38)30-17-13-28(14-18-30)29-15-19-31(20-16-29)33-24-45-39(48-33)35-12-10-22-53(35)41(55)37(27(3)4)49-42(50-43-5)51(6)7/h13-20,23-27,34-37H,9-12,21-22H2,1-4,6-8H3,(H,44,47)(H,45,48)(H,49,50)/t34-,35-,36-,37-/m0/s1. The molecule has 3 N–H and O–H groups in total. The van der Waals surface area contributed by atoms with Crippen LogP contribution in [0.3, 0.4) is 0 Å². The lowest BCUT2D eigenvalue weighted by Crippen LogP contribution is -2.43. The predicted molar refractivity (Wildman–Crippen MR) is 219 cm³/mol. The van der Waals surface area contributed by atoms with Crippen molar-refractivity contribution >= 4 is 24.2 Å². The lowest BCUT2D eigenvalue weighted by atomic mass is 10.0. The number of carbonyl (C=O) groups excluding carboxylic acids is 2. The molecule has 0 radical (unpaired) electrons. The molecule has 0 saturated carbocycles. The number of amides is 2. The lowest BCUT2D eigenvalue weighted by Gasteiger charge is -2.28. The van der Waals surface area contributed by atoms with Gasteiger partial charge in [-0.2, -0.15) is 16.4 Å². The highest BCUT2D eigenvalue weighted by Gasteiger charge is 2.38. The van der Waals surface area contributed by atoms with E-state index in [9.17, 15) is 9.59 Å². The fourth-order valence-electron chi connectivity index (χ4n) is 7.53. The molecule has 0 unspecified atom stereocenters. The summed E-state index contributed by atoms with van der Waals surface area (Å²) in [6.07, 6.45) is 8.24. The van der Waals surface area contributed by atoms with Crippen molar-refractivity contribution in [2.75, 3.05) is 34.3 Å². The summed E-state index contributed by atoms with van der Waals surface area (Å²) in [7, 11) is 4.98. The number of guanidine groups is 1. The Kier molecular flexibility index (Phi) is 13.0. The minimum Gasteiger partial charge on any atom is -0.344 e. The number of aromatic nitrogens is 4. The van der Waals surface area contributed by atoms with Crippen LogP contribution in [0.4, 0.5) is 0 Å². The minimum atomic E-state index is -0.628. The summed E-state index contributed by atoms with van der Waals surface area (Å²) >= 11 is 0. The molecule has 4 heterocycles. The van der Waals surface area contributed by atoms with E-state index in [4.69, 9.17) is 21.4 Å². The number of aliphatic imine (C=N–C) groups is 2. The van der Waals surface area contributed by atoms with Gasteiger partial charge in [0.25, 0.3) is 5.96 Å². The van der Waals surface area contributed by atoms with Gasteiger partial charge in [0.05, 0.1) is 43.0 Å². The Morgan fingerprint density at radius 2 is 1.28 bits per heavy atom. The molecule has 15 heteroatoms. The van der Waals surface area contributed by atoms with Gasteiger partial charge in [0.15, 0.2) is 0 Å². The van der Waals surface area contributed by atoms with E-state index in [0.717, 1.165) is 71.0 Å². The van der Waals surface area contributed by atoms with E-state index in [1.165, 1.54) is 13.5 Å².